The first kappa shape index (κ1) is 13.5. The van der Waals surface area contributed by atoms with Crippen LogP contribution in [0.2, 0.25) is 0 Å². The molecule has 1 heterocycles. The molecule has 0 bridgehead atoms. The molecule has 0 aliphatic rings. The van der Waals surface area contributed by atoms with Crippen LogP contribution in [0.25, 0.3) is 0 Å². The van der Waals surface area contributed by atoms with Crippen LogP contribution in [0.5, 0.6) is 5.75 Å². The zero-order chi connectivity index (χ0) is 13.7. The molecule has 6 nitrogen and oxygen atoms in total. The van der Waals surface area contributed by atoms with Gasteiger partial charge in [-0.2, -0.15) is 0 Å². The van der Waals surface area contributed by atoms with Crippen molar-refractivity contribution in [2.45, 2.75) is 33.0 Å². The molecule has 2 rings (SSSR count). The van der Waals surface area contributed by atoms with E-state index in [1.165, 1.54) is 0 Å². The Morgan fingerprint density at radius 1 is 1.26 bits per heavy atom. The van der Waals surface area contributed by atoms with Crippen LogP contribution in [0.15, 0.2) is 24.3 Å². The van der Waals surface area contributed by atoms with Crippen molar-refractivity contribution in [1.82, 2.24) is 25.5 Å². The Labute approximate surface area is 112 Å². The van der Waals surface area contributed by atoms with Crippen LogP contribution in [0.4, 0.5) is 0 Å². The summed E-state index contributed by atoms with van der Waals surface area (Å²) in [4.78, 5) is 0. The van der Waals surface area contributed by atoms with E-state index in [-0.39, 0.29) is 6.10 Å². The Kier molecular flexibility index (Phi) is 4.46. The quantitative estimate of drug-likeness (QED) is 0.847. The third-order valence-electron chi connectivity index (χ3n) is 2.57. The van der Waals surface area contributed by atoms with Crippen molar-refractivity contribution in [3.63, 3.8) is 0 Å². The van der Waals surface area contributed by atoms with Gasteiger partial charge < -0.3 is 10.1 Å². The van der Waals surface area contributed by atoms with Crippen LogP contribution in [0.1, 0.15) is 25.2 Å². The van der Waals surface area contributed by atoms with Gasteiger partial charge in [0.05, 0.1) is 19.2 Å². The van der Waals surface area contributed by atoms with Gasteiger partial charge in [-0.1, -0.05) is 12.1 Å². The van der Waals surface area contributed by atoms with Crippen LogP contribution >= 0.6 is 0 Å². The molecular formula is C13H19N5O. The van der Waals surface area contributed by atoms with Crippen molar-refractivity contribution in [2.75, 3.05) is 7.05 Å². The van der Waals surface area contributed by atoms with Gasteiger partial charge in [-0.05, 0) is 49.0 Å². The fourth-order valence-electron chi connectivity index (χ4n) is 1.75. The molecular weight excluding hydrogens is 242 g/mol. The monoisotopic (exact) mass is 261 g/mol. The second-order valence-electron chi connectivity index (χ2n) is 4.59. The highest BCUT2D eigenvalue weighted by atomic mass is 16.5. The van der Waals surface area contributed by atoms with Crippen molar-refractivity contribution in [2.24, 2.45) is 0 Å². The summed E-state index contributed by atoms with van der Waals surface area (Å²) in [6.07, 6.45) is 0.188. The average molecular weight is 261 g/mol. The van der Waals surface area contributed by atoms with Gasteiger partial charge >= 0.3 is 0 Å². The molecule has 0 atom stereocenters. The van der Waals surface area contributed by atoms with E-state index in [0.29, 0.717) is 13.1 Å². The highest BCUT2D eigenvalue weighted by molar-refractivity contribution is 5.27. The number of benzene rings is 1. The van der Waals surface area contributed by atoms with Crippen LogP contribution in [-0.4, -0.2) is 33.4 Å². The van der Waals surface area contributed by atoms with E-state index in [1.807, 2.05) is 45.2 Å². The van der Waals surface area contributed by atoms with Crippen LogP contribution < -0.4 is 10.1 Å². The molecule has 0 fully saturated rings. The summed E-state index contributed by atoms with van der Waals surface area (Å²) in [6, 6.07) is 8.00. The number of hydrogen-bond acceptors (Lipinski definition) is 5. The van der Waals surface area contributed by atoms with Gasteiger partial charge in [0.1, 0.15) is 5.75 Å². The minimum Gasteiger partial charge on any atom is -0.491 e. The molecule has 102 valence electrons. The van der Waals surface area contributed by atoms with Crippen molar-refractivity contribution >= 4 is 0 Å². The summed E-state index contributed by atoms with van der Waals surface area (Å²) in [5.41, 5.74) is 1.14. The standard InChI is InChI=1S/C13H19N5O/c1-10(2)19-12-6-4-11(5-7-12)9-18-13(8-14-3)15-16-17-18/h4-7,10,14H,8-9H2,1-3H3. The molecule has 1 aromatic heterocycles. The lowest BCUT2D eigenvalue weighted by molar-refractivity contribution is 0.242. The summed E-state index contributed by atoms with van der Waals surface area (Å²) >= 11 is 0. The largest absolute Gasteiger partial charge is 0.491 e. The van der Waals surface area contributed by atoms with Gasteiger partial charge in [0.25, 0.3) is 0 Å². The lowest BCUT2D eigenvalue weighted by Crippen LogP contribution is -2.14. The van der Waals surface area contributed by atoms with Gasteiger partial charge in [-0.3, -0.25) is 0 Å². The number of nitrogens with zero attached hydrogens (tertiary/aromatic N) is 4. The Balaban J connectivity index is 2.04. The van der Waals surface area contributed by atoms with Crippen molar-refractivity contribution in [3.8, 4) is 5.75 Å². The van der Waals surface area contributed by atoms with E-state index in [0.717, 1.165) is 17.1 Å². The fourth-order valence-corrected chi connectivity index (χ4v) is 1.75. The van der Waals surface area contributed by atoms with Gasteiger partial charge in [-0.25, -0.2) is 4.68 Å². The third-order valence-corrected chi connectivity index (χ3v) is 2.57. The molecule has 0 aliphatic heterocycles. The minimum atomic E-state index is 0.188. The summed E-state index contributed by atoms with van der Waals surface area (Å²) < 4.78 is 7.40. The molecule has 2 aromatic rings. The molecule has 0 saturated carbocycles. The van der Waals surface area contributed by atoms with Gasteiger partial charge in [0, 0.05) is 0 Å². The first-order valence-electron chi connectivity index (χ1n) is 6.34. The third kappa shape index (κ3) is 3.75. The lowest BCUT2D eigenvalue weighted by atomic mass is 10.2. The maximum absolute atomic E-state index is 5.61. The molecule has 6 heteroatoms. The number of hydrogen-bond donors (Lipinski definition) is 1. The Morgan fingerprint density at radius 2 is 2.00 bits per heavy atom. The van der Waals surface area contributed by atoms with Crippen molar-refractivity contribution < 1.29 is 4.74 Å². The van der Waals surface area contributed by atoms with E-state index in [2.05, 4.69) is 20.8 Å². The number of nitrogens with one attached hydrogen (secondary N) is 1. The van der Waals surface area contributed by atoms with E-state index in [4.69, 9.17) is 4.74 Å². The van der Waals surface area contributed by atoms with E-state index < -0.39 is 0 Å². The topological polar surface area (TPSA) is 64.9 Å². The van der Waals surface area contributed by atoms with Crippen LogP contribution in [0, 0.1) is 0 Å². The summed E-state index contributed by atoms with van der Waals surface area (Å²) in [6.45, 7) is 5.34. The summed E-state index contributed by atoms with van der Waals surface area (Å²) in [5.74, 6) is 1.70. The molecule has 0 spiro atoms. The molecule has 0 amide bonds. The number of ether oxygens (including phenoxy) is 1. The normalized spacial score (nSPS) is 10.9. The maximum atomic E-state index is 5.61. The first-order valence-corrected chi connectivity index (χ1v) is 6.34. The zero-order valence-corrected chi connectivity index (χ0v) is 11.5. The zero-order valence-electron chi connectivity index (χ0n) is 11.5. The SMILES string of the molecule is CNCc1nnnn1Cc1ccc(OC(C)C)cc1. The van der Waals surface area contributed by atoms with E-state index in [1.54, 1.807) is 4.68 Å². The second-order valence-corrected chi connectivity index (χ2v) is 4.59. The fraction of sp³-hybridized carbons (Fsp3) is 0.462. The van der Waals surface area contributed by atoms with Crippen LogP contribution in [0.3, 0.4) is 0 Å². The molecule has 0 saturated heterocycles. The summed E-state index contributed by atoms with van der Waals surface area (Å²) in [5, 5.41) is 14.7. The Hall–Kier alpha value is -1.95. The maximum Gasteiger partial charge on any atom is 0.165 e. The second kappa shape index (κ2) is 6.29. The van der Waals surface area contributed by atoms with Gasteiger partial charge in [0.15, 0.2) is 5.82 Å². The number of rotatable bonds is 6. The van der Waals surface area contributed by atoms with Crippen molar-refractivity contribution in [1.29, 1.82) is 0 Å². The predicted octanol–water partition coefficient (Wildman–Crippen LogP) is 1.23. The number of tetrazole rings is 1. The lowest BCUT2D eigenvalue weighted by Gasteiger charge is -2.10. The smallest absolute Gasteiger partial charge is 0.165 e. The highest BCUT2D eigenvalue weighted by Crippen LogP contribution is 2.14. The Morgan fingerprint density at radius 3 is 2.63 bits per heavy atom. The molecule has 19 heavy (non-hydrogen) atoms. The molecule has 0 radical (unpaired) electrons. The first-order chi connectivity index (χ1) is 9.19. The predicted molar refractivity (Wildman–Crippen MR) is 71.9 cm³/mol. The van der Waals surface area contributed by atoms with Gasteiger partial charge in [0.2, 0.25) is 0 Å². The van der Waals surface area contributed by atoms with E-state index >= 15 is 0 Å². The van der Waals surface area contributed by atoms with Crippen LogP contribution in [-0.2, 0) is 13.1 Å². The van der Waals surface area contributed by atoms with Gasteiger partial charge in [-0.15, -0.1) is 5.10 Å². The number of aromatic nitrogens is 4. The van der Waals surface area contributed by atoms with Crippen molar-refractivity contribution in [3.05, 3.63) is 35.7 Å². The molecule has 0 unspecified atom stereocenters. The molecule has 0 aliphatic carbocycles. The summed E-state index contributed by atoms with van der Waals surface area (Å²) in [7, 11) is 1.87. The molecule has 1 aromatic carbocycles. The minimum absolute atomic E-state index is 0.188. The highest BCUT2D eigenvalue weighted by Gasteiger charge is 2.05. The Bertz CT molecular complexity index is 506. The average Bonchev–Trinajstić information content (AvgIpc) is 2.79. The van der Waals surface area contributed by atoms with E-state index in [9.17, 15) is 0 Å². The molecule has 1 N–H and O–H groups in total.